The van der Waals surface area contributed by atoms with E-state index in [-0.39, 0.29) is 23.9 Å². The fraction of sp³-hybridized carbons (Fsp3) is 0.524. The second-order valence-electron chi connectivity index (χ2n) is 8.27. The van der Waals surface area contributed by atoms with Crippen molar-refractivity contribution in [1.29, 1.82) is 0 Å². The van der Waals surface area contributed by atoms with E-state index in [2.05, 4.69) is 28.1 Å². The molecule has 2 saturated carbocycles. The van der Waals surface area contributed by atoms with Gasteiger partial charge in [-0.25, -0.2) is 0 Å². The molecule has 2 fully saturated rings. The molecule has 0 aromatic heterocycles. The molecule has 5 N–H and O–H groups in total. The third-order valence-corrected chi connectivity index (χ3v) is 7.90. The number of unbranched alkanes of at least 4 members (excludes halogenated alkanes) is 1. The van der Waals surface area contributed by atoms with Gasteiger partial charge in [-0.3, -0.25) is 9.59 Å². The van der Waals surface area contributed by atoms with Crippen LogP contribution in [0.3, 0.4) is 0 Å². The van der Waals surface area contributed by atoms with Crippen molar-refractivity contribution < 1.29 is 14.7 Å². The Kier molecular flexibility index (Phi) is 4.27. The molecule has 0 radical (unpaired) electrons. The zero-order valence-electron chi connectivity index (χ0n) is 15.2. The average Bonchev–Trinajstić information content (AvgIpc) is 3.29. The quantitative estimate of drug-likeness (QED) is 0.454. The molecule has 0 unspecified atom stereocenters. The van der Waals surface area contributed by atoms with Gasteiger partial charge in [0.05, 0.1) is 10.8 Å². The van der Waals surface area contributed by atoms with Gasteiger partial charge in [-0.2, -0.15) is 0 Å². The Labute approximate surface area is 167 Å². The van der Waals surface area contributed by atoms with Gasteiger partial charge in [-0.15, -0.1) is 0 Å². The molecular weight excluding hydrogens is 408 g/mol. The van der Waals surface area contributed by atoms with Crippen LogP contribution >= 0.6 is 15.9 Å². The van der Waals surface area contributed by atoms with Crippen LogP contribution in [-0.2, 0) is 15.0 Å². The van der Waals surface area contributed by atoms with E-state index in [0.717, 1.165) is 22.9 Å². The first-order valence-corrected chi connectivity index (χ1v) is 10.3. The molecule has 4 rings (SSSR count). The first-order valence-electron chi connectivity index (χ1n) is 9.53. The van der Waals surface area contributed by atoms with E-state index in [1.54, 1.807) is 0 Å². The summed E-state index contributed by atoms with van der Waals surface area (Å²) in [5.74, 6) is -1.13. The van der Waals surface area contributed by atoms with Crippen molar-refractivity contribution in [2.45, 2.75) is 37.5 Å². The van der Waals surface area contributed by atoms with E-state index in [0.29, 0.717) is 19.3 Å². The Morgan fingerprint density at radius 2 is 1.67 bits per heavy atom. The van der Waals surface area contributed by atoms with Crippen molar-refractivity contribution in [2.75, 3.05) is 6.61 Å². The maximum atomic E-state index is 13.2. The Balaban J connectivity index is 1.98. The molecule has 2 bridgehead atoms. The molecule has 0 aliphatic heterocycles. The number of nitrogens with two attached hydrogens (primary N) is 2. The van der Waals surface area contributed by atoms with Gasteiger partial charge >= 0.3 is 0 Å². The standard InChI is InChI=1S/C21H25BrN2O3/c22-14-5-3-13(4-6-14)21(18(24)27)16-8-7-15(19(16)10-11-19)20(21,17(23)26)9-1-2-12-25/h3-8,15-16,25H,1-2,9-12H2,(H2,23,26)(H2,24,27)/t15-,16+,20+,21-/m1/s1. The Morgan fingerprint density at radius 1 is 1.04 bits per heavy atom. The van der Waals surface area contributed by atoms with Gasteiger partial charge in [0.15, 0.2) is 0 Å². The minimum absolute atomic E-state index is 0.0474. The highest BCUT2D eigenvalue weighted by molar-refractivity contribution is 9.10. The number of carbonyl (C=O) groups is 2. The van der Waals surface area contributed by atoms with Crippen molar-refractivity contribution in [3.05, 3.63) is 46.5 Å². The summed E-state index contributed by atoms with van der Waals surface area (Å²) in [6, 6.07) is 7.55. The smallest absolute Gasteiger partial charge is 0.229 e. The van der Waals surface area contributed by atoms with Crippen LogP contribution in [0, 0.1) is 22.7 Å². The van der Waals surface area contributed by atoms with Crippen LogP contribution in [0.1, 0.15) is 37.7 Å². The highest BCUT2D eigenvalue weighted by atomic mass is 79.9. The molecule has 6 heteroatoms. The summed E-state index contributed by atoms with van der Waals surface area (Å²) in [6.45, 7) is 0.0474. The molecule has 4 atom stereocenters. The van der Waals surface area contributed by atoms with Crippen LogP contribution in [0.25, 0.3) is 0 Å². The van der Waals surface area contributed by atoms with E-state index in [1.807, 2.05) is 24.3 Å². The number of allylic oxidation sites excluding steroid dienone is 2. The van der Waals surface area contributed by atoms with E-state index < -0.39 is 22.6 Å². The molecule has 1 aromatic carbocycles. The summed E-state index contributed by atoms with van der Waals surface area (Å²) in [5.41, 5.74) is 10.7. The summed E-state index contributed by atoms with van der Waals surface area (Å²) in [5, 5.41) is 9.27. The lowest BCUT2D eigenvalue weighted by molar-refractivity contribution is -0.144. The lowest BCUT2D eigenvalue weighted by Gasteiger charge is -2.48. The maximum absolute atomic E-state index is 13.2. The number of rotatable bonds is 7. The molecule has 0 heterocycles. The Bertz CT molecular complexity index is 817. The molecule has 1 spiro atoms. The van der Waals surface area contributed by atoms with Gasteiger partial charge in [-0.1, -0.05) is 46.6 Å². The topological polar surface area (TPSA) is 106 Å². The molecule has 0 saturated heterocycles. The molecule has 144 valence electrons. The molecule has 5 nitrogen and oxygen atoms in total. The summed E-state index contributed by atoms with van der Waals surface area (Å²) in [4.78, 5) is 26.3. The molecular formula is C21H25BrN2O3. The van der Waals surface area contributed by atoms with Gasteiger partial charge in [0.1, 0.15) is 0 Å². The van der Waals surface area contributed by atoms with Crippen LogP contribution in [0.15, 0.2) is 40.9 Å². The number of halogens is 1. The van der Waals surface area contributed by atoms with Crippen molar-refractivity contribution >= 4 is 27.7 Å². The summed E-state index contributed by atoms with van der Waals surface area (Å²) in [6.07, 6.45) is 7.80. The van der Waals surface area contributed by atoms with E-state index in [1.165, 1.54) is 0 Å². The number of aliphatic hydroxyl groups excluding tert-OH is 1. The second kappa shape index (κ2) is 6.17. The molecule has 3 aliphatic carbocycles. The normalized spacial score (nSPS) is 34.9. The summed E-state index contributed by atoms with van der Waals surface area (Å²) >= 11 is 3.44. The minimum Gasteiger partial charge on any atom is -0.396 e. The highest BCUT2D eigenvalue weighted by Crippen LogP contribution is 2.80. The van der Waals surface area contributed by atoms with E-state index in [9.17, 15) is 14.7 Å². The first kappa shape index (κ1) is 18.7. The zero-order valence-corrected chi connectivity index (χ0v) is 16.7. The summed E-state index contributed by atoms with van der Waals surface area (Å²) < 4.78 is 0.899. The maximum Gasteiger partial charge on any atom is 0.229 e. The van der Waals surface area contributed by atoms with Crippen LogP contribution in [0.2, 0.25) is 0 Å². The number of benzene rings is 1. The summed E-state index contributed by atoms with van der Waals surface area (Å²) in [7, 11) is 0. The fourth-order valence-corrected chi connectivity index (χ4v) is 6.59. The average molecular weight is 433 g/mol. The second-order valence-corrected chi connectivity index (χ2v) is 9.18. The Hall–Kier alpha value is -1.66. The van der Waals surface area contributed by atoms with Gasteiger partial charge < -0.3 is 16.6 Å². The number of amides is 2. The van der Waals surface area contributed by atoms with Crippen molar-refractivity contribution in [2.24, 2.45) is 34.1 Å². The number of aliphatic hydroxyl groups is 1. The molecule has 1 aromatic rings. The largest absolute Gasteiger partial charge is 0.396 e. The third-order valence-electron chi connectivity index (χ3n) is 7.37. The van der Waals surface area contributed by atoms with Gasteiger partial charge in [0.25, 0.3) is 0 Å². The Morgan fingerprint density at radius 3 is 2.19 bits per heavy atom. The number of carbonyl (C=O) groups excluding carboxylic acids is 2. The monoisotopic (exact) mass is 432 g/mol. The van der Waals surface area contributed by atoms with Crippen LogP contribution in [0.4, 0.5) is 0 Å². The lowest BCUT2D eigenvalue weighted by Crippen LogP contribution is -2.62. The SMILES string of the molecule is NC(=O)[C@]1(CCCCO)[C@@H]2C=C[C@@H](C23CC3)[C@@]1(C(N)=O)c1ccc(Br)cc1. The van der Waals surface area contributed by atoms with E-state index in [4.69, 9.17) is 11.5 Å². The fourth-order valence-electron chi connectivity index (χ4n) is 6.32. The number of hydrogen-bond acceptors (Lipinski definition) is 3. The zero-order chi connectivity index (χ0) is 19.4. The number of primary amides is 2. The van der Waals surface area contributed by atoms with Crippen molar-refractivity contribution in [1.82, 2.24) is 0 Å². The van der Waals surface area contributed by atoms with Crippen LogP contribution in [0.5, 0.6) is 0 Å². The predicted octanol–water partition coefficient (Wildman–Crippen LogP) is 2.40. The first-order chi connectivity index (χ1) is 12.9. The van der Waals surface area contributed by atoms with Gasteiger partial charge in [0, 0.05) is 17.0 Å². The molecule has 2 amide bonds. The molecule has 3 aliphatic rings. The molecule has 27 heavy (non-hydrogen) atoms. The van der Waals surface area contributed by atoms with Crippen molar-refractivity contribution in [3.8, 4) is 0 Å². The van der Waals surface area contributed by atoms with Gasteiger partial charge in [-0.05, 0) is 54.7 Å². The highest BCUT2D eigenvalue weighted by Gasteiger charge is 2.82. The van der Waals surface area contributed by atoms with Crippen LogP contribution in [-0.4, -0.2) is 23.5 Å². The van der Waals surface area contributed by atoms with Crippen LogP contribution < -0.4 is 11.5 Å². The third kappa shape index (κ3) is 2.14. The van der Waals surface area contributed by atoms with Crippen molar-refractivity contribution in [3.63, 3.8) is 0 Å². The number of hydrogen-bond donors (Lipinski definition) is 3. The minimum atomic E-state index is -1.15. The van der Waals surface area contributed by atoms with Gasteiger partial charge in [0.2, 0.25) is 11.8 Å². The lowest BCUT2D eigenvalue weighted by atomic mass is 9.52. The predicted molar refractivity (Wildman–Crippen MR) is 105 cm³/mol. The van der Waals surface area contributed by atoms with E-state index >= 15 is 0 Å².